The van der Waals surface area contributed by atoms with Crippen molar-refractivity contribution in [3.05, 3.63) is 59.7 Å². The van der Waals surface area contributed by atoms with E-state index in [9.17, 15) is 14.0 Å². The number of piperazine rings is 1. The van der Waals surface area contributed by atoms with Gasteiger partial charge in [-0.15, -0.1) is 0 Å². The van der Waals surface area contributed by atoms with Gasteiger partial charge in [-0.2, -0.15) is 0 Å². The van der Waals surface area contributed by atoms with Gasteiger partial charge < -0.3 is 20.1 Å². The van der Waals surface area contributed by atoms with Gasteiger partial charge in [0, 0.05) is 55.9 Å². The summed E-state index contributed by atoms with van der Waals surface area (Å²) in [6, 6.07) is 7.93. The molecule has 0 atom stereocenters. The number of benzene rings is 2. The fourth-order valence-corrected chi connectivity index (χ4v) is 6.19. The summed E-state index contributed by atoms with van der Waals surface area (Å²) in [4.78, 5) is 38.6. The van der Waals surface area contributed by atoms with Gasteiger partial charge in [-0.05, 0) is 61.8 Å². The Morgan fingerprint density at radius 2 is 1.72 bits per heavy atom. The summed E-state index contributed by atoms with van der Waals surface area (Å²) in [5.74, 6) is 1.13. The van der Waals surface area contributed by atoms with Crippen LogP contribution < -0.4 is 15.4 Å². The van der Waals surface area contributed by atoms with Crippen molar-refractivity contribution in [2.45, 2.75) is 44.9 Å². The molecule has 1 aliphatic heterocycles. The van der Waals surface area contributed by atoms with Crippen molar-refractivity contribution in [3.8, 4) is 5.75 Å². The highest BCUT2D eigenvalue weighted by molar-refractivity contribution is 6.31. The van der Waals surface area contributed by atoms with Crippen molar-refractivity contribution >= 4 is 51.6 Å². The minimum atomic E-state index is -0.510. The molecule has 2 saturated carbocycles. The predicted octanol–water partition coefficient (Wildman–Crippen LogP) is 6.19. The Hall–Kier alpha value is -3.80. The van der Waals surface area contributed by atoms with E-state index < -0.39 is 5.82 Å². The van der Waals surface area contributed by atoms with Crippen LogP contribution in [0.25, 0.3) is 10.9 Å². The van der Waals surface area contributed by atoms with Crippen LogP contribution in [-0.2, 0) is 14.3 Å². The third kappa shape index (κ3) is 9.62. The average Bonchev–Trinajstić information content (AvgIpc) is 3.91. The van der Waals surface area contributed by atoms with E-state index in [4.69, 9.17) is 21.1 Å². The zero-order valence-corrected chi connectivity index (χ0v) is 27.3. The molecule has 47 heavy (non-hydrogen) atoms. The number of carbonyl (C=O) groups excluding carboxylic acids is 2. The number of nitrogens with zero attached hydrogens (tertiary/aromatic N) is 4. The largest absolute Gasteiger partial charge is 0.491 e. The van der Waals surface area contributed by atoms with E-state index in [1.54, 1.807) is 18.2 Å². The van der Waals surface area contributed by atoms with E-state index in [0.29, 0.717) is 72.0 Å². The number of amides is 1. The lowest BCUT2D eigenvalue weighted by Gasteiger charge is -2.33. The first-order valence-corrected chi connectivity index (χ1v) is 17.0. The number of aromatic nitrogens is 2. The van der Waals surface area contributed by atoms with Gasteiger partial charge in [-0.25, -0.2) is 14.4 Å². The van der Waals surface area contributed by atoms with Gasteiger partial charge in [0.05, 0.1) is 36.0 Å². The third-order valence-corrected chi connectivity index (χ3v) is 9.29. The first-order valence-electron chi connectivity index (χ1n) is 16.6. The molecule has 0 unspecified atom stereocenters. The summed E-state index contributed by atoms with van der Waals surface area (Å²) < 4.78 is 25.4. The molecule has 250 valence electrons. The quantitative estimate of drug-likeness (QED) is 0.163. The summed E-state index contributed by atoms with van der Waals surface area (Å²) in [6.45, 7) is 5.24. The van der Waals surface area contributed by atoms with E-state index in [1.165, 1.54) is 43.8 Å². The molecule has 0 bridgehead atoms. The standard InChI is InChI=1S/C35H42ClFN6O4/c36-28-17-26(10-11-29(28)37)40-35-27-18-31(32(46-21-25-8-9-25)19-30(27)38-23-39-35)41-33(44)7-4-12-42-13-15-43(16-14-42)20-34(45)47-22-24-5-2-1-3-6-24/h4,7,10-11,17-19,23-25H,1-3,5-6,8-9,12-16,20-22H2,(H,41,44)(H,38,39,40)/b7-4+. The molecule has 3 fully saturated rings. The number of esters is 1. The second-order valence-electron chi connectivity index (χ2n) is 12.8. The Morgan fingerprint density at radius 1 is 0.957 bits per heavy atom. The second-order valence-corrected chi connectivity index (χ2v) is 13.2. The molecule has 2 heterocycles. The smallest absolute Gasteiger partial charge is 0.320 e. The average molecular weight is 665 g/mol. The van der Waals surface area contributed by atoms with Crippen molar-refractivity contribution in [3.63, 3.8) is 0 Å². The van der Waals surface area contributed by atoms with Crippen molar-refractivity contribution in [2.75, 3.05) is 63.1 Å². The van der Waals surface area contributed by atoms with Gasteiger partial charge in [0.15, 0.2) is 0 Å². The summed E-state index contributed by atoms with van der Waals surface area (Å²) in [5, 5.41) is 6.80. The maximum Gasteiger partial charge on any atom is 0.320 e. The van der Waals surface area contributed by atoms with Crippen molar-refractivity contribution < 1.29 is 23.5 Å². The Kier molecular flexibility index (Phi) is 11.2. The van der Waals surface area contributed by atoms with Gasteiger partial charge in [0.2, 0.25) is 5.91 Å². The number of rotatable bonds is 13. The number of ether oxygens (including phenoxy) is 2. The molecule has 1 amide bonds. The number of fused-ring (bicyclic) bond motifs is 1. The molecule has 2 aromatic carbocycles. The number of hydrogen-bond donors (Lipinski definition) is 2. The lowest BCUT2D eigenvalue weighted by molar-refractivity contribution is -0.147. The highest BCUT2D eigenvalue weighted by Crippen LogP contribution is 2.36. The van der Waals surface area contributed by atoms with Crippen LogP contribution in [0.4, 0.5) is 21.6 Å². The molecule has 1 saturated heterocycles. The molecule has 0 radical (unpaired) electrons. The van der Waals surface area contributed by atoms with Crippen LogP contribution in [0.15, 0.2) is 48.8 Å². The second kappa shape index (κ2) is 15.9. The SMILES string of the molecule is O=C(/C=C/CN1CCN(CC(=O)OCC2CCCCC2)CC1)Nc1cc2c(Nc3ccc(F)c(Cl)c3)ncnc2cc1OCC1CC1. The number of anilines is 3. The van der Waals surface area contributed by atoms with Crippen LogP contribution in [0.1, 0.15) is 44.9 Å². The minimum absolute atomic E-state index is 0.00417. The van der Waals surface area contributed by atoms with Gasteiger partial charge >= 0.3 is 5.97 Å². The van der Waals surface area contributed by atoms with Crippen molar-refractivity contribution in [1.82, 2.24) is 19.8 Å². The molecule has 12 heteroatoms. The van der Waals surface area contributed by atoms with Crippen LogP contribution in [0, 0.1) is 17.7 Å². The Labute approximate surface area is 279 Å². The topological polar surface area (TPSA) is 109 Å². The molecule has 10 nitrogen and oxygen atoms in total. The predicted molar refractivity (Wildman–Crippen MR) is 181 cm³/mol. The summed E-state index contributed by atoms with van der Waals surface area (Å²) in [5.41, 5.74) is 1.70. The number of hydrogen-bond acceptors (Lipinski definition) is 9. The number of nitrogens with one attached hydrogen (secondary N) is 2. The lowest BCUT2D eigenvalue weighted by Crippen LogP contribution is -2.48. The Bertz CT molecular complexity index is 1590. The van der Waals surface area contributed by atoms with E-state index in [-0.39, 0.29) is 16.9 Å². The zero-order chi connectivity index (χ0) is 32.6. The molecule has 6 rings (SSSR count). The zero-order valence-electron chi connectivity index (χ0n) is 26.6. The molecule has 2 N–H and O–H groups in total. The molecule has 1 aromatic heterocycles. The van der Waals surface area contributed by atoms with Crippen molar-refractivity contribution in [2.24, 2.45) is 11.8 Å². The highest BCUT2D eigenvalue weighted by Gasteiger charge is 2.24. The highest BCUT2D eigenvalue weighted by atomic mass is 35.5. The Balaban J connectivity index is 1.03. The first-order chi connectivity index (χ1) is 22.9. The minimum Gasteiger partial charge on any atom is -0.491 e. The van der Waals surface area contributed by atoms with Crippen LogP contribution in [0.2, 0.25) is 5.02 Å². The third-order valence-electron chi connectivity index (χ3n) is 9.00. The number of carbonyl (C=O) groups is 2. The lowest BCUT2D eigenvalue weighted by atomic mass is 9.90. The fraction of sp³-hybridized carbons (Fsp3) is 0.486. The van der Waals surface area contributed by atoms with Gasteiger partial charge in [0.1, 0.15) is 23.7 Å². The molecule has 3 aromatic rings. The first kappa shape index (κ1) is 33.1. The summed E-state index contributed by atoms with van der Waals surface area (Å²) in [6.07, 6.45) is 13.2. The molecule has 2 aliphatic carbocycles. The van der Waals surface area contributed by atoms with Gasteiger partial charge in [0.25, 0.3) is 0 Å². The monoisotopic (exact) mass is 664 g/mol. The van der Waals surface area contributed by atoms with Crippen LogP contribution >= 0.6 is 11.6 Å². The molecule has 0 spiro atoms. The van der Waals surface area contributed by atoms with Gasteiger partial charge in [-0.3, -0.25) is 19.4 Å². The van der Waals surface area contributed by atoms with Crippen LogP contribution in [-0.4, -0.2) is 84.1 Å². The molecule has 3 aliphatic rings. The molecular weight excluding hydrogens is 623 g/mol. The van der Waals surface area contributed by atoms with E-state index in [2.05, 4.69) is 30.4 Å². The van der Waals surface area contributed by atoms with Crippen molar-refractivity contribution in [1.29, 1.82) is 0 Å². The summed E-state index contributed by atoms with van der Waals surface area (Å²) in [7, 11) is 0. The van der Waals surface area contributed by atoms with E-state index in [1.807, 2.05) is 6.08 Å². The molecular formula is C35H42ClFN6O4. The Morgan fingerprint density at radius 3 is 2.49 bits per heavy atom. The van der Waals surface area contributed by atoms with Gasteiger partial charge in [-0.1, -0.05) is 36.9 Å². The van der Waals surface area contributed by atoms with Crippen LogP contribution in [0.3, 0.4) is 0 Å². The van der Waals surface area contributed by atoms with E-state index >= 15 is 0 Å². The van der Waals surface area contributed by atoms with Crippen LogP contribution in [0.5, 0.6) is 5.75 Å². The van der Waals surface area contributed by atoms with E-state index in [0.717, 1.165) is 51.9 Å². The normalized spacial score (nSPS) is 18.0. The maximum atomic E-state index is 13.7. The fourth-order valence-electron chi connectivity index (χ4n) is 6.01. The summed E-state index contributed by atoms with van der Waals surface area (Å²) >= 11 is 5.98. The maximum absolute atomic E-state index is 13.7. The number of halogens is 2.